The SMILES string of the molecule is CC[C@@H](O)C(=O)NCc1cccnc1N(C)CCc1ccccn1. The summed E-state index contributed by atoms with van der Waals surface area (Å²) in [4.78, 5) is 22.5. The van der Waals surface area contributed by atoms with Crippen molar-refractivity contribution in [1.82, 2.24) is 15.3 Å². The zero-order valence-electron chi connectivity index (χ0n) is 14.1. The molecule has 0 unspecified atom stereocenters. The molecule has 0 aliphatic carbocycles. The normalized spacial score (nSPS) is 11.8. The largest absolute Gasteiger partial charge is 0.383 e. The summed E-state index contributed by atoms with van der Waals surface area (Å²) >= 11 is 0. The Labute approximate surface area is 142 Å². The molecule has 2 aromatic heterocycles. The Morgan fingerprint density at radius 1 is 1.25 bits per heavy atom. The summed E-state index contributed by atoms with van der Waals surface area (Å²) in [6.45, 7) is 2.88. The summed E-state index contributed by atoms with van der Waals surface area (Å²) in [5, 5.41) is 12.3. The van der Waals surface area contributed by atoms with Crippen molar-refractivity contribution < 1.29 is 9.90 Å². The van der Waals surface area contributed by atoms with Crippen LogP contribution in [-0.4, -0.2) is 40.7 Å². The van der Waals surface area contributed by atoms with E-state index in [1.807, 2.05) is 42.3 Å². The highest BCUT2D eigenvalue weighted by molar-refractivity contribution is 5.80. The van der Waals surface area contributed by atoms with Gasteiger partial charge in [0.1, 0.15) is 11.9 Å². The molecule has 0 aliphatic heterocycles. The number of nitrogens with one attached hydrogen (secondary N) is 1. The summed E-state index contributed by atoms with van der Waals surface area (Å²) in [6.07, 6.45) is 3.77. The van der Waals surface area contributed by atoms with Gasteiger partial charge in [0.05, 0.1) is 0 Å². The van der Waals surface area contributed by atoms with Crippen molar-refractivity contribution in [3.05, 3.63) is 54.0 Å². The fourth-order valence-electron chi connectivity index (χ4n) is 2.33. The highest BCUT2D eigenvalue weighted by atomic mass is 16.3. The Morgan fingerprint density at radius 3 is 2.75 bits per heavy atom. The molecule has 1 atom stereocenters. The minimum absolute atomic E-state index is 0.340. The molecule has 128 valence electrons. The molecular formula is C18H24N4O2. The number of carbonyl (C=O) groups excluding carboxylic acids is 1. The first-order valence-corrected chi connectivity index (χ1v) is 8.12. The lowest BCUT2D eigenvalue weighted by Crippen LogP contribution is -2.34. The van der Waals surface area contributed by atoms with Gasteiger partial charge in [-0.3, -0.25) is 9.78 Å². The number of aliphatic hydroxyl groups excluding tert-OH is 1. The Morgan fingerprint density at radius 2 is 2.04 bits per heavy atom. The van der Waals surface area contributed by atoms with Gasteiger partial charge in [-0.1, -0.05) is 19.1 Å². The third kappa shape index (κ3) is 5.03. The van der Waals surface area contributed by atoms with Crippen LogP contribution in [0.3, 0.4) is 0 Å². The topological polar surface area (TPSA) is 78.3 Å². The molecule has 2 aromatic rings. The predicted molar refractivity (Wildman–Crippen MR) is 93.6 cm³/mol. The maximum absolute atomic E-state index is 11.7. The molecule has 2 heterocycles. The van der Waals surface area contributed by atoms with Crippen LogP contribution in [-0.2, 0) is 17.8 Å². The number of nitrogens with zero attached hydrogens (tertiary/aromatic N) is 3. The molecule has 0 aliphatic rings. The molecular weight excluding hydrogens is 304 g/mol. The van der Waals surface area contributed by atoms with Crippen molar-refractivity contribution in [2.24, 2.45) is 0 Å². The molecule has 0 saturated carbocycles. The van der Waals surface area contributed by atoms with Gasteiger partial charge in [0.25, 0.3) is 0 Å². The number of likely N-dealkylation sites (N-methyl/N-ethyl adjacent to an activating group) is 1. The third-order valence-corrected chi connectivity index (χ3v) is 3.80. The smallest absolute Gasteiger partial charge is 0.249 e. The fraction of sp³-hybridized carbons (Fsp3) is 0.389. The van der Waals surface area contributed by atoms with E-state index in [1.165, 1.54) is 0 Å². The second-order valence-electron chi connectivity index (χ2n) is 5.62. The van der Waals surface area contributed by atoms with Crippen LogP contribution < -0.4 is 10.2 Å². The molecule has 0 aromatic carbocycles. The number of rotatable bonds is 8. The molecule has 0 bridgehead atoms. The van der Waals surface area contributed by atoms with Gasteiger partial charge in [0.15, 0.2) is 0 Å². The van der Waals surface area contributed by atoms with E-state index in [0.717, 1.165) is 30.0 Å². The molecule has 0 spiro atoms. The van der Waals surface area contributed by atoms with Gasteiger partial charge in [0.2, 0.25) is 5.91 Å². The number of hydrogen-bond donors (Lipinski definition) is 2. The first kappa shape index (κ1) is 17.9. The summed E-state index contributed by atoms with van der Waals surface area (Å²) in [6, 6.07) is 9.64. The third-order valence-electron chi connectivity index (χ3n) is 3.80. The van der Waals surface area contributed by atoms with Crippen LogP contribution in [0.15, 0.2) is 42.7 Å². The number of anilines is 1. The first-order valence-electron chi connectivity index (χ1n) is 8.12. The molecule has 6 heteroatoms. The zero-order chi connectivity index (χ0) is 17.4. The number of pyridine rings is 2. The Kier molecular flexibility index (Phi) is 6.69. The Bertz CT molecular complexity index is 648. The van der Waals surface area contributed by atoms with Crippen LogP contribution in [0.25, 0.3) is 0 Å². The Hall–Kier alpha value is -2.47. The molecule has 1 amide bonds. The van der Waals surface area contributed by atoms with Crippen molar-refractivity contribution in [2.75, 3.05) is 18.5 Å². The Balaban J connectivity index is 1.98. The highest BCUT2D eigenvalue weighted by Crippen LogP contribution is 2.16. The predicted octanol–water partition coefficient (Wildman–Crippen LogP) is 1.54. The van der Waals surface area contributed by atoms with Gasteiger partial charge in [-0.2, -0.15) is 0 Å². The van der Waals surface area contributed by atoms with E-state index in [-0.39, 0.29) is 5.91 Å². The molecule has 6 nitrogen and oxygen atoms in total. The van der Waals surface area contributed by atoms with Gasteiger partial charge in [-0.25, -0.2) is 4.98 Å². The molecule has 0 fully saturated rings. The van der Waals surface area contributed by atoms with E-state index in [9.17, 15) is 9.90 Å². The monoisotopic (exact) mass is 328 g/mol. The quantitative estimate of drug-likeness (QED) is 0.768. The van der Waals surface area contributed by atoms with E-state index in [4.69, 9.17) is 0 Å². The van der Waals surface area contributed by atoms with Crippen molar-refractivity contribution >= 4 is 11.7 Å². The van der Waals surface area contributed by atoms with Crippen molar-refractivity contribution in [2.45, 2.75) is 32.4 Å². The molecule has 0 radical (unpaired) electrons. The maximum Gasteiger partial charge on any atom is 0.249 e. The molecule has 0 saturated heterocycles. The molecule has 2 N–H and O–H groups in total. The van der Waals surface area contributed by atoms with E-state index in [1.54, 1.807) is 19.3 Å². The van der Waals surface area contributed by atoms with Crippen molar-refractivity contribution in [1.29, 1.82) is 0 Å². The minimum Gasteiger partial charge on any atom is -0.383 e. The maximum atomic E-state index is 11.7. The zero-order valence-corrected chi connectivity index (χ0v) is 14.1. The van der Waals surface area contributed by atoms with Crippen molar-refractivity contribution in [3.8, 4) is 0 Å². The summed E-state index contributed by atoms with van der Waals surface area (Å²) in [5.41, 5.74) is 1.94. The van der Waals surface area contributed by atoms with Crippen LogP contribution in [0, 0.1) is 0 Å². The van der Waals surface area contributed by atoms with E-state index in [2.05, 4.69) is 15.3 Å². The summed E-state index contributed by atoms with van der Waals surface area (Å²) in [7, 11) is 1.97. The van der Waals surface area contributed by atoms with Crippen LogP contribution in [0.2, 0.25) is 0 Å². The second kappa shape index (κ2) is 8.98. The van der Waals surface area contributed by atoms with Crippen molar-refractivity contribution in [3.63, 3.8) is 0 Å². The van der Waals surface area contributed by atoms with Gasteiger partial charge < -0.3 is 15.3 Å². The average molecular weight is 328 g/mol. The number of hydrogen-bond acceptors (Lipinski definition) is 5. The lowest BCUT2D eigenvalue weighted by Gasteiger charge is -2.21. The van der Waals surface area contributed by atoms with Crippen LogP contribution >= 0.6 is 0 Å². The highest BCUT2D eigenvalue weighted by Gasteiger charge is 2.14. The van der Waals surface area contributed by atoms with Crippen LogP contribution in [0.4, 0.5) is 5.82 Å². The number of aliphatic hydroxyl groups is 1. The van der Waals surface area contributed by atoms with E-state index >= 15 is 0 Å². The summed E-state index contributed by atoms with van der Waals surface area (Å²) in [5.74, 6) is 0.461. The van der Waals surface area contributed by atoms with E-state index in [0.29, 0.717) is 13.0 Å². The number of aromatic nitrogens is 2. The average Bonchev–Trinajstić information content (AvgIpc) is 2.64. The van der Waals surface area contributed by atoms with Gasteiger partial charge >= 0.3 is 0 Å². The van der Waals surface area contributed by atoms with Gasteiger partial charge in [0, 0.05) is 50.2 Å². The van der Waals surface area contributed by atoms with Crippen LogP contribution in [0.5, 0.6) is 0 Å². The fourth-order valence-corrected chi connectivity index (χ4v) is 2.33. The molecule has 24 heavy (non-hydrogen) atoms. The lowest BCUT2D eigenvalue weighted by atomic mass is 10.2. The molecule has 2 rings (SSSR count). The number of carbonyl (C=O) groups is 1. The number of amides is 1. The van der Waals surface area contributed by atoms with Gasteiger partial charge in [-0.05, 0) is 24.6 Å². The summed E-state index contributed by atoms with van der Waals surface area (Å²) < 4.78 is 0. The standard InChI is InChI=1S/C18H24N4O2/c1-3-16(23)18(24)21-13-14-7-6-11-20-17(14)22(2)12-9-15-8-4-5-10-19-15/h4-8,10-11,16,23H,3,9,12-13H2,1-2H3,(H,21,24)/t16-/m1/s1. The first-order chi connectivity index (χ1) is 11.6. The van der Waals surface area contributed by atoms with Crippen LogP contribution in [0.1, 0.15) is 24.6 Å². The minimum atomic E-state index is -0.966. The second-order valence-corrected chi connectivity index (χ2v) is 5.62. The van der Waals surface area contributed by atoms with E-state index < -0.39 is 6.10 Å². The van der Waals surface area contributed by atoms with Gasteiger partial charge in [-0.15, -0.1) is 0 Å². The lowest BCUT2D eigenvalue weighted by molar-refractivity contribution is -0.129.